The Morgan fingerprint density at radius 1 is 1.18 bits per heavy atom. The molecule has 0 bridgehead atoms. The Balaban J connectivity index is 1.80. The Hall–Kier alpha value is -1.13. The third kappa shape index (κ3) is 2.15. The van der Waals surface area contributed by atoms with Crippen LogP contribution in [0.2, 0.25) is 5.15 Å². The topological polar surface area (TPSA) is 33.4 Å². The molecule has 5 heteroatoms. The summed E-state index contributed by atoms with van der Waals surface area (Å²) in [5.74, 6) is 0.956. The summed E-state index contributed by atoms with van der Waals surface area (Å²) in [7, 11) is 0. The quantitative estimate of drug-likeness (QED) is 0.782. The van der Waals surface area contributed by atoms with E-state index in [1.165, 1.54) is 25.9 Å². The molecule has 2 aromatic rings. The molecular weight excluding hydrogens is 236 g/mol. The van der Waals surface area contributed by atoms with Gasteiger partial charge in [-0.3, -0.25) is 4.40 Å². The standard InChI is InChI=1S/C12H15ClN4/c13-10-4-3-5-11-14-15-12(17(10)11)6-9-16-7-1-2-8-16/h3-5H,1-2,6-9H2. The van der Waals surface area contributed by atoms with Crippen molar-refractivity contribution < 1.29 is 0 Å². The summed E-state index contributed by atoms with van der Waals surface area (Å²) >= 11 is 6.17. The summed E-state index contributed by atoms with van der Waals surface area (Å²) in [4.78, 5) is 2.47. The molecule has 1 fully saturated rings. The molecule has 1 saturated heterocycles. The van der Waals surface area contributed by atoms with E-state index < -0.39 is 0 Å². The van der Waals surface area contributed by atoms with Gasteiger partial charge in [0.2, 0.25) is 0 Å². The number of fused-ring (bicyclic) bond motifs is 1. The van der Waals surface area contributed by atoms with Crippen molar-refractivity contribution in [2.75, 3.05) is 19.6 Å². The second-order valence-corrected chi connectivity index (χ2v) is 4.84. The van der Waals surface area contributed by atoms with E-state index in [1.54, 1.807) is 0 Å². The number of hydrogen-bond donors (Lipinski definition) is 0. The molecule has 0 saturated carbocycles. The SMILES string of the molecule is Clc1cccc2nnc(CCN3CCCC3)n12. The van der Waals surface area contributed by atoms with E-state index in [0.29, 0.717) is 5.15 Å². The van der Waals surface area contributed by atoms with Crippen LogP contribution in [0.1, 0.15) is 18.7 Å². The Morgan fingerprint density at radius 2 is 2.00 bits per heavy atom. The van der Waals surface area contributed by atoms with Gasteiger partial charge in [-0.15, -0.1) is 10.2 Å². The van der Waals surface area contributed by atoms with E-state index in [4.69, 9.17) is 11.6 Å². The van der Waals surface area contributed by atoms with Crippen LogP contribution in [0.4, 0.5) is 0 Å². The molecular formula is C12H15ClN4. The van der Waals surface area contributed by atoms with Crippen LogP contribution < -0.4 is 0 Å². The molecule has 0 aromatic carbocycles. The minimum absolute atomic E-state index is 0.684. The van der Waals surface area contributed by atoms with E-state index in [0.717, 1.165) is 24.4 Å². The summed E-state index contributed by atoms with van der Waals surface area (Å²) in [6.07, 6.45) is 3.55. The van der Waals surface area contributed by atoms with E-state index in [1.807, 2.05) is 22.6 Å². The molecule has 0 radical (unpaired) electrons. The molecule has 17 heavy (non-hydrogen) atoms. The highest BCUT2D eigenvalue weighted by Crippen LogP contribution is 2.14. The third-order valence-electron chi connectivity index (χ3n) is 3.30. The number of halogens is 1. The monoisotopic (exact) mass is 250 g/mol. The van der Waals surface area contributed by atoms with Gasteiger partial charge in [-0.2, -0.15) is 0 Å². The Labute approximate surface area is 105 Å². The minimum atomic E-state index is 0.684. The molecule has 3 rings (SSSR count). The minimum Gasteiger partial charge on any atom is -0.303 e. The van der Waals surface area contributed by atoms with Crippen LogP contribution in [0, 0.1) is 0 Å². The molecule has 2 aromatic heterocycles. The number of aromatic nitrogens is 3. The largest absolute Gasteiger partial charge is 0.303 e. The normalized spacial score (nSPS) is 17.0. The number of likely N-dealkylation sites (tertiary alicyclic amines) is 1. The molecule has 90 valence electrons. The lowest BCUT2D eigenvalue weighted by atomic mass is 10.3. The number of hydrogen-bond acceptors (Lipinski definition) is 3. The summed E-state index contributed by atoms with van der Waals surface area (Å²) in [6, 6.07) is 5.70. The molecule has 1 aliphatic heterocycles. The van der Waals surface area contributed by atoms with E-state index in [9.17, 15) is 0 Å². The first-order valence-electron chi connectivity index (χ1n) is 6.05. The maximum atomic E-state index is 6.17. The van der Waals surface area contributed by atoms with Crippen molar-refractivity contribution in [2.24, 2.45) is 0 Å². The second-order valence-electron chi connectivity index (χ2n) is 4.46. The van der Waals surface area contributed by atoms with Crippen LogP contribution >= 0.6 is 11.6 Å². The maximum absolute atomic E-state index is 6.17. The van der Waals surface area contributed by atoms with Gasteiger partial charge in [0.05, 0.1) is 0 Å². The first-order valence-corrected chi connectivity index (χ1v) is 6.43. The van der Waals surface area contributed by atoms with Crippen molar-refractivity contribution in [1.82, 2.24) is 19.5 Å². The average Bonchev–Trinajstić information content (AvgIpc) is 2.95. The Bertz CT molecular complexity index is 516. The summed E-state index contributed by atoms with van der Waals surface area (Å²) in [6.45, 7) is 3.47. The van der Waals surface area contributed by atoms with Crippen LogP contribution in [0.3, 0.4) is 0 Å². The first-order chi connectivity index (χ1) is 8.34. The zero-order chi connectivity index (χ0) is 11.7. The molecule has 0 unspecified atom stereocenters. The van der Waals surface area contributed by atoms with E-state index in [2.05, 4.69) is 15.1 Å². The van der Waals surface area contributed by atoms with Crippen LogP contribution in [0.15, 0.2) is 18.2 Å². The summed E-state index contributed by atoms with van der Waals surface area (Å²) < 4.78 is 1.93. The molecule has 1 aliphatic rings. The van der Waals surface area contributed by atoms with Crippen molar-refractivity contribution in [2.45, 2.75) is 19.3 Å². The van der Waals surface area contributed by atoms with Crippen molar-refractivity contribution in [3.63, 3.8) is 0 Å². The number of pyridine rings is 1. The predicted octanol–water partition coefficient (Wildman–Crippen LogP) is 2.02. The zero-order valence-electron chi connectivity index (χ0n) is 9.64. The van der Waals surface area contributed by atoms with Gasteiger partial charge in [0.15, 0.2) is 5.65 Å². The fraction of sp³-hybridized carbons (Fsp3) is 0.500. The maximum Gasteiger partial charge on any atom is 0.161 e. The van der Waals surface area contributed by atoms with E-state index >= 15 is 0 Å². The van der Waals surface area contributed by atoms with Gasteiger partial charge in [-0.1, -0.05) is 17.7 Å². The second kappa shape index (κ2) is 4.63. The van der Waals surface area contributed by atoms with Gasteiger partial charge in [-0.25, -0.2) is 0 Å². The fourth-order valence-corrected chi connectivity index (χ4v) is 2.64. The van der Waals surface area contributed by atoms with Gasteiger partial charge in [0.25, 0.3) is 0 Å². The molecule has 0 aliphatic carbocycles. The van der Waals surface area contributed by atoms with Crippen molar-refractivity contribution in [3.05, 3.63) is 29.2 Å². The van der Waals surface area contributed by atoms with Gasteiger partial charge in [0.1, 0.15) is 11.0 Å². The van der Waals surface area contributed by atoms with Crippen molar-refractivity contribution >= 4 is 17.2 Å². The highest BCUT2D eigenvalue weighted by atomic mass is 35.5. The highest BCUT2D eigenvalue weighted by Gasteiger charge is 2.13. The zero-order valence-corrected chi connectivity index (χ0v) is 10.4. The first kappa shape index (κ1) is 11.0. The smallest absolute Gasteiger partial charge is 0.161 e. The lowest BCUT2D eigenvalue weighted by molar-refractivity contribution is 0.340. The molecule has 0 N–H and O–H groups in total. The summed E-state index contributed by atoms with van der Waals surface area (Å²) in [5, 5.41) is 9.04. The predicted molar refractivity (Wildman–Crippen MR) is 67.4 cm³/mol. The molecule has 3 heterocycles. The van der Waals surface area contributed by atoms with Crippen LogP contribution in [-0.2, 0) is 6.42 Å². The number of nitrogens with zero attached hydrogens (tertiary/aromatic N) is 4. The Kier molecular flexibility index (Phi) is 2.99. The van der Waals surface area contributed by atoms with Gasteiger partial charge in [0, 0.05) is 13.0 Å². The van der Waals surface area contributed by atoms with Crippen molar-refractivity contribution in [1.29, 1.82) is 0 Å². The van der Waals surface area contributed by atoms with Gasteiger partial charge < -0.3 is 4.90 Å². The molecule has 0 atom stereocenters. The lowest BCUT2D eigenvalue weighted by Crippen LogP contribution is -2.22. The van der Waals surface area contributed by atoms with Gasteiger partial charge in [-0.05, 0) is 38.1 Å². The summed E-state index contributed by atoms with van der Waals surface area (Å²) in [5.41, 5.74) is 0.828. The van der Waals surface area contributed by atoms with Crippen LogP contribution in [-0.4, -0.2) is 39.1 Å². The van der Waals surface area contributed by atoms with Gasteiger partial charge >= 0.3 is 0 Å². The van der Waals surface area contributed by atoms with E-state index in [-0.39, 0.29) is 0 Å². The molecule has 0 amide bonds. The fourth-order valence-electron chi connectivity index (χ4n) is 2.39. The van der Waals surface area contributed by atoms with Crippen LogP contribution in [0.5, 0.6) is 0 Å². The lowest BCUT2D eigenvalue weighted by Gasteiger charge is -2.13. The van der Waals surface area contributed by atoms with Crippen LogP contribution in [0.25, 0.3) is 5.65 Å². The molecule has 0 spiro atoms. The van der Waals surface area contributed by atoms with Crippen molar-refractivity contribution in [3.8, 4) is 0 Å². The average molecular weight is 251 g/mol. The number of rotatable bonds is 3. The highest BCUT2D eigenvalue weighted by molar-refractivity contribution is 6.29. The molecule has 4 nitrogen and oxygen atoms in total. The Morgan fingerprint density at radius 3 is 2.82 bits per heavy atom. The third-order valence-corrected chi connectivity index (χ3v) is 3.59.